The summed E-state index contributed by atoms with van der Waals surface area (Å²) in [5, 5.41) is 3.88. The van der Waals surface area contributed by atoms with Crippen molar-refractivity contribution in [1.29, 1.82) is 0 Å². The molecule has 2 amide bonds. The molecular weight excluding hydrogens is 371 g/mol. The molecule has 0 aliphatic rings. The van der Waals surface area contributed by atoms with Crippen molar-refractivity contribution in [3.63, 3.8) is 0 Å². The summed E-state index contributed by atoms with van der Waals surface area (Å²) in [6, 6.07) is 12.0. The highest BCUT2D eigenvalue weighted by Gasteiger charge is 2.15. The van der Waals surface area contributed by atoms with Crippen LogP contribution in [0.25, 0.3) is 0 Å². The van der Waals surface area contributed by atoms with E-state index in [0.29, 0.717) is 22.3 Å². The topological polar surface area (TPSA) is 49.4 Å². The zero-order valence-electron chi connectivity index (χ0n) is 12.9. The monoisotopic (exact) mass is 384 g/mol. The van der Waals surface area contributed by atoms with Gasteiger partial charge in [0.05, 0.1) is 15.7 Å². The molecule has 0 saturated carbocycles. The Hall–Kier alpha value is -1.75. The summed E-state index contributed by atoms with van der Waals surface area (Å²) >= 11 is 17.8. The van der Waals surface area contributed by atoms with Crippen molar-refractivity contribution in [3.8, 4) is 0 Å². The Morgan fingerprint density at radius 3 is 2.33 bits per heavy atom. The Labute approximate surface area is 155 Å². The molecule has 2 aromatic rings. The SMILES string of the molecule is CC(=O)N(CC(=O)Nc1cccc(Cl)c1Cl)Cc1ccc(Cl)cc1. The molecule has 2 aromatic carbocycles. The van der Waals surface area contributed by atoms with Gasteiger partial charge in [0.15, 0.2) is 0 Å². The zero-order valence-corrected chi connectivity index (χ0v) is 15.1. The van der Waals surface area contributed by atoms with Gasteiger partial charge >= 0.3 is 0 Å². The number of benzene rings is 2. The average molecular weight is 386 g/mol. The summed E-state index contributed by atoms with van der Waals surface area (Å²) in [5.41, 5.74) is 1.28. The quantitative estimate of drug-likeness (QED) is 0.815. The molecule has 0 radical (unpaired) electrons. The molecule has 0 spiro atoms. The van der Waals surface area contributed by atoms with Crippen LogP contribution in [0.3, 0.4) is 0 Å². The van der Waals surface area contributed by atoms with Crippen LogP contribution in [0.5, 0.6) is 0 Å². The number of carbonyl (C=O) groups excluding carboxylic acids is 2. The molecule has 2 rings (SSSR count). The predicted octanol–water partition coefficient (Wildman–Crippen LogP) is 4.63. The van der Waals surface area contributed by atoms with Gasteiger partial charge in [0, 0.05) is 18.5 Å². The van der Waals surface area contributed by atoms with Crippen molar-refractivity contribution in [1.82, 2.24) is 4.90 Å². The number of hydrogen-bond acceptors (Lipinski definition) is 2. The average Bonchev–Trinajstić information content (AvgIpc) is 2.53. The summed E-state index contributed by atoms with van der Waals surface area (Å²) in [4.78, 5) is 25.4. The molecule has 4 nitrogen and oxygen atoms in total. The second-order valence-electron chi connectivity index (χ2n) is 5.15. The summed E-state index contributed by atoms with van der Waals surface area (Å²) < 4.78 is 0. The molecule has 0 unspecified atom stereocenters. The highest BCUT2D eigenvalue weighted by atomic mass is 35.5. The van der Waals surface area contributed by atoms with Gasteiger partial charge in [-0.25, -0.2) is 0 Å². The van der Waals surface area contributed by atoms with E-state index < -0.39 is 0 Å². The Morgan fingerprint density at radius 2 is 1.71 bits per heavy atom. The van der Waals surface area contributed by atoms with Crippen LogP contribution in [0, 0.1) is 0 Å². The van der Waals surface area contributed by atoms with Crippen LogP contribution in [0.2, 0.25) is 15.1 Å². The largest absolute Gasteiger partial charge is 0.329 e. The third-order valence-corrected chi connectivity index (χ3v) is 4.36. The first-order chi connectivity index (χ1) is 11.4. The van der Waals surface area contributed by atoms with E-state index in [1.54, 1.807) is 30.3 Å². The van der Waals surface area contributed by atoms with E-state index in [4.69, 9.17) is 34.8 Å². The van der Waals surface area contributed by atoms with Crippen molar-refractivity contribution in [2.24, 2.45) is 0 Å². The van der Waals surface area contributed by atoms with Crippen LogP contribution in [0.1, 0.15) is 12.5 Å². The molecule has 0 aliphatic heterocycles. The maximum absolute atomic E-state index is 12.2. The van der Waals surface area contributed by atoms with Gasteiger partial charge in [0.1, 0.15) is 6.54 Å². The van der Waals surface area contributed by atoms with E-state index in [2.05, 4.69) is 5.32 Å². The number of amides is 2. The lowest BCUT2D eigenvalue weighted by atomic mass is 10.2. The number of halogens is 3. The summed E-state index contributed by atoms with van der Waals surface area (Å²) in [6.07, 6.45) is 0. The molecule has 0 bridgehead atoms. The normalized spacial score (nSPS) is 10.3. The van der Waals surface area contributed by atoms with Crippen LogP contribution < -0.4 is 5.32 Å². The maximum Gasteiger partial charge on any atom is 0.244 e. The minimum atomic E-state index is -0.358. The van der Waals surface area contributed by atoms with Crippen molar-refractivity contribution >= 4 is 52.3 Å². The van der Waals surface area contributed by atoms with E-state index in [1.807, 2.05) is 12.1 Å². The minimum Gasteiger partial charge on any atom is -0.329 e. The Balaban J connectivity index is 2.04. The Bertz CT molecular complexity index is 748. The first kappa shape index (κ1) is 18.6. The van der Waals surface area contributed by atoms with Gasteiger partial charge in [0.25, 0.3) is 0 Å². The fraction of sp³-hybridized carbons (Fsp3) is 0.176. The molecule has 0 atom stereocenters. The van der Waals surface area contributed by atoms with Gasteiger partial charge in [-0.15, -0.1) is 0 Å². The third kappa shape index (κ3) is 5.13. The standard InChI is InChI=1S/C17H15Cl3N2O2/c1-11(23)22(9-12-5-7-13(18)8-6-12)10-16(24)21-15-4-2-3-14(19)17(15)20/h2-8H,9-10H2,1H3,(H,21,24). The lowest BCUT2D eigenvalue weighted by Crippen LogP contribution is -2.36. The first-order valence-corrected chi connectivity index (χ1v) is 8.24. The Kier molecular flexibility index (Phi) is 6.49. The minimum absolute atomic E-state index is 0.0964. The highest BCUT2D eigenvalue weighted by molar-refractivity contribution is 6.44. The summed E-state index contributed by atoms with van der Waals surface area (Å²) in [7, 11) is 0. The van der Waals surface area contributed by atoms with Crippen LogP contribution in [0.15, 0.2) is 42.5 Å². The van der Waals surface area contributed by atoms with Crippen LogP contribution >= 0.6 is 34.8 Å². The number of hydrogen-bond donors (Lipinski definition) is 1. The van der Waals surface area contributed by atoms with E-state index in [9.17, 15) is 9.59 Å². The van der Waals surface area contributed by atoms with E-state index in [-0.39, 0.29) is 23.4 Å². The van der Waals surface area contributed by atoms with E-state index >= 15 is 0 Å². The van der Waals surface area contributed by atoms with Gasteiger partial charge in [-0.1, -0.05) is 53.0 Å². The summed E-state index contributed by atoms with van der Waals surface area (Å²) in [5.74, 6) is -0.569. The second-order valence-corrected chi connectivity index (χ2v) is 6.37. The molecule has 126 valence electrons. The van der Waals surface area contributed by atoms with Gasteiger partial charge < -0.3 is 10.2 Å². The molecule has 24 heavy (non-hydrogen) atoms. The van der Waals surface area contributed by atoms with Gasteiger partial charge in [-0.05, 0) is 29.8 Å². The lowest BCUT2D eigenvalue weighted by Gasteiger charge is -2.21. The molecule has 7 heteroatoms. The predicted molar refractivity (Wildman–Crippen MR) is 97.6 cm³/mol. The molecule has 1 N–H and O–H groups in total. The number of nitrogens with zero attached hydrogens (tertiary/aromatic N) is 1. The van der Waals surface area contributed by atoms with Crippen LogP contribution in [-0.4, -0.2) is 23.3 Å². The highest BCUT2D eigenvalue weighted by Crippen LogP contribution is 2.29. The smallest absolute Gasteiger partial charge is 0.244 e. The molecular formula is C17H15Cl3N2O2. The van der Waals surface area contributed by atoms with Gasteiger partial charge in [0.2, 0.25) is 11.8 Å². The number of carbonyl (C=O) groups is 2. The zero-order chi connectivity index (χ0) is 17.7. The number of anilines is 1. The molecule has 0 aliphatic carbocycles. The fourth-order valence-corrected chi connectivity index (χ4v) is 2.53. The third-order valence-electron chi connectivity index (χ3n) is 3.29. The van der Waals surface area contributed by atoms with Crippen molar-refractivity contribution in [3.05, 3.63) is 63.1 Å². The first-order valence-electron chi connectivity index (χ1n) is 7.10. The summed E-state index contributed by atoms with van der Waals surface area (Å²) in [6.45, 7) is 1.62. The van der Waals surface area contributed by atoms with Crippen molar-refractivity contribution < 1.29 is 9.59 Å². The fourth-order valence-electron chi connectivity index (χ4n) is 2.05. The van der Waals surface area contributed by atoms with Crippen LogP contribution in [0.4, 0.5) is 5.69 Å². The molecule has 0 aromatic heterocycles. The molecule has 0 saturated heterocycles. The lowest BCUT2D eigenvalue weighted by molar-refractivity contribution is -0.133. The number of nitrogens with one attached hydrogen (secondary N) is 1. The Morgan fingerprint density at radius 1 is 1.04 bits per heavy atom. The maximum atomic E-state index is 12.2. The molecule has 0 heterocycles. The number of rotatable bonds is 5. The van der Waals surface area contributed by atoms with E-state index in [1.165, 1.54) is 11.8 Å². The van der Waals surface area contributed by atoms with Gasteiger partial charge in [-0.2, -0.15) is 0 Å². The van der Waals surface area contributed by atoms with Crippen LogP contribution in [-0.2, 0) is 16.1 Å². The van der Waals surface area contributed by atoms with Gasteiger partial charge in [-0.3, -0.25) is 9.59 Å². The van der Waals surface area contributed by atoms with Crippen molar-refractivity contribution in [2.75, 3.05) is 11.9 Å². The second kappa shape index (κ2) is 8.38. The molecule has 0 fully saturated rings. The van der Waals surface area contributed by atoms with Crippen molar-refractivity contribution in [2.45, 2.75) is 13.5 Å². The van der Waals surface area contributed by atoms with E-state index in [0.717, 1.165) is 5.56 Å².